The molecule has 0 saturated heterocycles. The lowest BCUT2D eigenvalue weighted by molar-refractivity contribution is 0.0532. The minimum atomic E-state index is -1.21. The van der Waals surface area contributed by atoms with Gasteiger partial charge in [-0.05, 0) is 33.6 Å². The van der Waals surface area contributed by atoms with E-state index in [1.807, 2.05) is 0 Å². The Morgan fingerprint density at radius 1 is 1.30 bits per heavy atom. The predicted octanol–water partition coefficient (Wildman–Crippen LogP) is 2.49. The van der Waals surface area contributed by atoms with Crippen molar-refractivity contribution in [2.24, 2.45) is 0 Å². The van der Waals surface area contributed by atoms with Crippen molar-refractivity contribution < 1.29 is 24.2 Å². The van der Waals surface area contributed by atoms with E-state index in [1.165, 1.54) is 6.20 Å². The molecule has 6 nitrogen and oxygen atoms in total. The van der Waals surface area contributed by atoms with Crippen molar-refractivity contribution in [3.05, 3.63) is 23.0 Å². The number of carbonyl (C=O) groups excluding carboxylic acids is 2. The second-order valence-corrected chi connectivity index (χ2v) is 5.80. The van der Waals surface area contributed by atoms with Gasteiger partial charge in [0.1, 0.15) is 5.60 Å². The van der Waals surface area contributed by atoms with E-state index in [2.05, 4.69) is 0 Å². The maximum atomic E-state index is 12.1. The average Bonchev–Trinajstić information content (AvgIpc) is 2.67. The fraction of sp³-hybridized carbons (Fsp3) is 0.500. The summed E-state index contributed by atoms with van der Waals surface area (Å²) in [7, 11) is 0. The third-order valence-corrected chi connectivity index (χ3v) is 3.02. The molecule has 1 aliphatic rings. The minimum Gasteiger partial charge on any atom is -0.478 e. The first kappa shape index (κ1) is 14.3. The summed E-state index contributed by atoms with van der Waals surface area (Å²) in [6, 6.07) is 0. The van der Waals surface area contributed by atoms with Crippen LogP contribution < -0.4 is 0 Å². The average molecular weight is 279 g/mol. The number of ether oxygens (including phenoxy) is 1. The van der Waals surface area contributed by atoms with Gasteiger partial charge in [-0.1, -0.05) is 0 Å². The third-order valence-electron chi connectivity index (χ3n) is 3.02. The van der Waals surface area contributed by atoms with E-state index in [1.54, 1.807) is 20.8 Å². The molecule has 0 radical (unpaired) electrons. The molecule has 1 aromatic rings. The lowest BCUT2D eigenvalue weighted by Gasteiger charge is -2.21. The summed E-state index contributed by atoms with van der Waals surface area (Å²) in [5.74, 6) is -1.44. The van der Waals surface area contributed by atoms with E-state index in [4.69, 9.17) is 9.84 Å². The molecule has 0 fully saturated rings. The van der Waals surface area contributed by atoms with E-state index >= 15 is 0 Å². The molecule has 0 saturated carbocycles. The Balaban J connectivity index is 2.50. The standard InChI is InChI=1S/C14H17NO5/c1-14(2,3)20-13(19)15-7-8(12(17)18)11-9(15)5-4-6-10(11)16/h7H,4-6H2,1-3H3,(H,17,18). The molecule has 6 heteroatoms. The highest BCUT2D eigenvalue weighted by molar-refractivity contribution is 6.08. The van der Waals surface area contributed by atoms with E-state index in [-0.39, 0.29) is 16.9 Å². The number of rotatable bonds is 1. The molecular weight excluding hydrogens is 262 g/mol. The predicted molar refractivity (Wildman–Crippen MR) is 70.3 cm³/mol. The molecule has 1 heterocycles. The lowest BCUT2D eigenvalue weighted by atomic mass is 9.94. The number of ketones is 1. The van der Waals surface area contributed by atoms with Gasteiger partial charge < -0.3 is 9.84 Å². The van der Waals surface area contributed by atoms with Gasteiger partial charge in [-0.3, -0.25) is 9.36 Å². The van der Waals surface area contributed by atoms with Gasteiger partial charge in [0.2, 0.25) is 0 Å². The van der Waals surface area contributed by atoms with Gasteiger partial charge in [-0.15, -0.1) is 0 Å². The molecule has 0 amide bonds. The summed E-state index contributed by atoms with van der Waals surface area (Å²) in [6.45, 7) is 5.18. The summed E-state index contributed by atoms with van der Waals surface area (Å²) in [4.78, 5) is 35.2. The van der Waals surface area contributed by atoms with Gasteiger partial charge in [0.15, 0.2) is 5.78 Å². The number of hydrogen-bond donors (Lipinski definition) is 1. The smallest absolute Gasteiger partial charge is 0.418 e. The fourth-order valence-corrected chi connectivity index (χ4v) is 2.28. The van der Waals surface area contributed by atoms with Crippen LogP contribution in [0.15, 0.2) is 6.20 Å². The summed E-state index contributed by atoms with van der Waals surface area (Å²) < 4.78 is 6.39. The summed E-state index contributed by atoms with van der Waals surface area (Å²) in [5, 5.41) is 9.17. The van der Waals surface area contributed by atoms with Gasteiger partial charge in [-0.2, -0.15) is 0 Å². The number of Topliss-reactive ketones (excluding diaryl/α,β-unsaturated/α-hetero) is 1. The third kappa shape index (κ3) is 2.59. The van der Waals surface area contributed by atoms with Crippen LogP contribution in [0.4, 0.5) is 4.79 Å². The van der Waals surface area contributed by atoms with Crippen molar-refractivity contribution in [2.75, 3.05) is 0 Å². The monoisotopic (exact) mass is 279 g/mol. The number of hydrogen-bond acceptors (Lipinski definition) is 4. The number of carbonyl (C=O) groups is 3. The molecule has 0 aromatic carbocycles. The topological polar surface area (TPSA) is 85.6 Å². The Labute approximate surface area is 116 Å². The van der Waals surface area contributed by atoms with E-state index in [9.17, 15) is 14.4 Å². The Kier molecular flexibility index (Phi) is 3.41. The SMILES string of the molecule is CC(C)(C)OC(=O)n1cc(C(=O)O)c2c1CCCC2=O. The molecule has 20 heavy (non-hydrogen) atoms. The molecule has 1 N–H and O–H groups in total. The van der Waals surface area contributed by atoms with Crippen molar-refractivity contribution in [3.8, 4) is 0 Å². The van der Waals surface area contributed by atoms with Crippen molar-refractivity contribution in [1.29, 1.82) is 0 Å². The van der Waals surface area contributed by atoms with Crippen molar-refractivity contribution >= 4 is 17.8 Å². The van der Waals surface area contributed by atoms with E-state index in [0.717, 1.165) is 4.57 Å². The molecule has 0 bridgehead atoms. The molecule has 1 aliphatic carbocycles. The highest BCUT2D eigenvalue weighted by Crippen LogP contribution is 2.27. The number of carboxylic acid groups (broad SMARTS) is 1. The molecule has 2 rings (SSSR count). The van der Waals surface area contributed by atoms with Crippen LogP contribution in [0.3, 0.4) is 0 Å². The van der Waals surface area contributed by atoms with Gasteiger partial charge in [0.25, 0.3) is 0 Å². The maximum Gasteiger partial charge on any atom is 0.418 e. The molecule has 0 atom stereocenters. The van der Waals surface area contributed by atoms with Crippen LogP contribution in [0.1, 0.15) is 60.0 Å². The Morgan fingerprint density at radius 3 is 2.50 bits per heavy atom. The first-order valence-corrected chi connectivity index (χ1v) is 6.45. The number of nitrogens with zero attached hydrogens (tertiary/aromatic N) is 1. The van der Waals surface area contributed by atoms with Crippen molar-refractivity contribution in [3.63, 3.8) is 0 Å². The fourth-order valence-electron chi connectivity index (χ4n) is 2.28. The molecule has 0 spiro atoms. The van der Waals surface area contributed by atoms with Crippen LogP contribution in [-0.2, 0) is 11.2 Å². The number of carboxylic acids is 1. The second kappa shape index (κ2) is 4.77. The van der Waals surface area contributed by atoms with Crippen LogP contribution in [-0.4, -0.2) is 33.1 Å². The van der Waals surface area contributed by atoms with Crippen molar-refractivity contribution in [2.45, 2.75) is 45.6 Å². The Hall–Kier alpha value is -2.11. The maximum absolute atomic E-state index is 12.1. The number of aromatic carboxylic acids is 1. The highest BCUT2D eigenvalue weighted by Gasteiger charge is 2.31. The van der Waals surface area contributed by atoms with Gasteiger partial charge >= 0.3 is 12.1 Å². The molecule has 0 aliphatic heterocycles. The first-order valence-electron chi connectivity index (χ1n) is 6.45. The zero-order valence-corrected chi connectivity index (χ0v) is 11.7. The summed E-state index contributed by atoms with van der Waals surface area (Å²) >= 11 is 0. The van der Waals surface area contributed by atoms with Gasteiger partial charge in [0.05, 0.1) is 11.1 Å². The van der Waals surface area contributed by atoms with Crippen LogP contribution in [0.25, 0.3) is 0 Å². The van der Waals surface area contributed by atoms with Crippen LogP contribution >= 0.6 is 0 Å². The largest absolute Gasteiger partial charge is 0.478 e. The van der Waals surface area contributed by atoms with E-state index < -0.39 is 17.7 Å². The summed E-state index contributed by atoms with van der Waals surface area (Å²) in [6.07, 6.45) is 1.94. The quantitative estimate of drug-likeness (QED) is 0.853. The summed E-state index contributed by atoms with van der Waals surface area (Å²) in [5.41, 5.74) is -0.228. The van der Waals surface area contributed by atoms with Gasteiger partial charge in [0, 0.05) is 18.3 Å². The lowest BCUT2D eigenvalue weighted by Crippen LogP contribution is -2.28. The van der Waals surface area contributed by atoms with Gasteiger partial charge in [-0.25, -0.2) is 9.59 Å². The highest BCUT2D eigenvalue weighted by atomic mass is 16.6. The molecular formula is C14H17NO5. The zero-order chi connectivity index (χ0) is 15.1. The minimum absolute atomic E-state index is 0.129. The Bertz CT molecular complexity index is 591. The van der Waals surface area contributed by atoms with Crippen molar-refractivity contribution in [1.82, 2.24) is 4.57 Å². The van der Waals surface area contributed by atoms with Crippen LogP contribution in [0.5, 0.6) is 0 Å². The van der Waals surface area contributed by atoms with E-state index in [0.29, 0.717) is 25.0 Å². The number of fused-ring (bicyclic) bond motifs is 1. The van der Waals surface area contributed by atoms with Crippen LogP contribution in [0, 0.1) is 0 Å². The number of aromatic nitrogens is 1. The Morgan fingerprint density at radius 2 is 1.95 bits per heavy atom. The van der Waals surface area contributed by atoms with Crippen LogP contribution in [0.2, 0.25) is 0 Å². The molecule has 0 unspecified atom stereocenters. The normalized spacial score (nSPS) is 14.8. The molecule has 1 aromatic heterocycles. The zero-order valence-electron chi connectivity index (χ0n) is 11.7. The molecule has 108 valence electrons. The second-order valence-electron chi connectivity index (χ2n) is 5.80. The first-order chi connectivity index (χ1) is 9.20.